The predicted molar refractivity (Wildman–Crippen MR) is 153 cm³/mol. The highest BCUT2D eigenvalue weighted by Gasteiger charge is 2.32. The van der Waals surface area contributed by atoms with Crippen LogP contribution in [0.3, 0.4) is 0 Å². The lowest BCUT2D eigenvalue weighted by atomic mass is 10.0. The van der Waals surface area contributed by atoms with Gasteiger partial charge in [0.1, 0.15) is 29.0 Å². The van der Waals surface area contributed by atoms with Crippen molar-refractivity contribution in [2.75, 3.05) is 13.7 Å². The molecule has 0 aliphatic rings. The fourth-order valence-electron chi connectivity index (χ4n) is 3.18. The van der Waals surface area contributed by atoms with Crippen LogP contribution in [0.1, 0.15) is 61.0 Å². The van der Waals surface area contributed by atoms with E-state index in [0.717, 1.165) is 17.7 Å². The Kier molecular flexibility index (Phi) is 13.3. The summed E-state index contributed by atoms with van der Waals surface area (Å²) in [7, 11) is 1.56. The second-order valence-electron chi connectivity index (χ2n) is 11.6. The number of carbonyl (C=O) groups excluding carboxylic acids is 5. The van der Waals surface area contributed by atoms with Crippen molar-refractivity contribution in [1.82, 2.24) is 21.3 Å². The van der Waals surface area contributed by atoms with Crippen LogP contribution >= 0.6 is 0 Å². The molecule has 0 heterocycles. The maximum atomic E-state index is 13.1. The van der Waals surface area contributed by atoms with Gasteiger partial charge in [0.2, 0.25) is 17.7 Å². The predicted octanol–water partition coefficient (Wildman–Crippen LogP) is 2.36. The second kappa shape index (κ2) is 15.6. The van der Waals surface area contributed by atoms with Gasteiger partial charge in [-0.05, 0) is 65.2 Å². The number of rotatable bonds is 12. The molecule has 2 atom stereocenters. The van der Waals surface area contributed by atoms with E-state index in [1.54, 1.807) is 86.8 Å². The van der Waals surface area contributed by atoms with Crippen molar-refractivity contribution in [3.8, 4) is 5.75 Å². The van der Waals surface area contributed by atoms with Crippen LogP contribution in [0.25, 0.3) is 0 Å². The zero-order valence-corrected chi connectivity index (χ0v) is 25.4. The first-order chi connectivity index (χ1) is 18.9. The van der Waals surface area contributed by atoms with Crippen molar-refractivity contribution in [2.24, 2.45) is 5.92 Å². The van der Waals surface area contributed by atoms with Crippen LogP contribution in [0.5, 0.6) is 5.75 Å². The Morgan fingerprint density at radius 3 is 1.83 bits per heavy atom. The second-order valence-corrected chi connectivity index (χ2v) is 11.6. The first kappa shape index (κ1) is 34.9. The molecule has 0 aromatic heterocycles. The quantitative estimate of drug-likeness (QED) is 0.218. The number of alkyl carbamates (subject to hydrolysis) is 1. The zero-order chi connectivity index (χ0) is 31.4. The standard InChI is InChI=1S/C29H44N4O8/c1-18(2)24(26(37)40-28(3,4)5)33-25(36)21(32-27(38)41-29(6,7)8)17-31-23(35)15-14-22(34)30-16-19-10-12-20(39-9)13-11-19/h10-15,18,21,24H,16-17H2,1-9H3,(H,30,34)(H,31,35)(H,32,38)(H,33,36)/b15-14+/t21-,24-/m0/s1. The monoisotopic (exact) mass is 576 g/mol. The van der Waals surface area contributed by atoms with E-state index in [4.69, 9.17) is 14.2 Å². The van der Waals surface area contributed by atoms with E-state index < -0.39 is 53.1 Å². The number of benzene rings is 1. The maximum absolute atomic E-state index is 13.1. The van der Waals surface area contributed by atoms with Crippen molar-refractivity contribution in [3.05, 3.63) is 42.0 Å². The van der Waals surface area contributed by atoms with Crippen LogP contribution in [-0.2, 0) is 35.2 Å². The number of amides is 4. The molecule has 228 valence electrons. The van der Waals surface area contributed by atoms with Crippen LogP contribution in [-0.4, -0.2) is 66.7 Å². The van der Waals surface area contributed by atoms with E-state index in [1.807, 2.05) is 0 Å². The fraction of sp³-hybridized carbons (Fsp3) is 0.552. The highest BCUT2D eigenvalue weighted by molar-refractivity contribution is 5.97. The summed E-state index contributed by atoms with van der Waals surface area (Å²) < 4.78 is 15.7. The summed E-state index contributed by atoms with van der Waals surface area (Å²) in [5, 5.41) is 10.1. The molecular weight excluding hydrogens is 532 g/mol. The number of carbonyl (C=O) groups is 5. The van der Waals surface area contributed by atoms with Crippen molar-refractivity contribution in [1.29, 1.82) is 0 Å². The Hall–Kier alpha value is -4.09. The summed E-state index contributed by atoms with van der Waals surface area (Å²) in [6, 6.07) is 4.82. The summed E-state index contributed by atoms with van der Waals surface area (Å²) in [6.45, 7) is 13.5. The summed E-state index contributed by atoms with van der Waals surface area (Å²) in [4.78, 5) is 62.8. The normalized spacial score (nSPS) is 13.1. The molecule has 0 bridgehead atoms. The minimum absolute atomic E-state index is 0.242. The average molecular weight is 577 g/mol. The van der Waals surface area contributed by atoms with Crippen molar-refractivity contribution < 1.29 is 38.2 Å². The van der Waals surface area contributed by atoms with Gasteiger partial charge in [-0.2, -0.15) is 0 Å². The molecule has 1 aromatic rings. The van der Waals surface area contributed by atoms with E-state index in [-0.39, 0.29) is 19.0 Å². The summed E-state index contributed by atoms with van der Waals surface area (Å²) >= 11 is 0. The smallest absolute Gasteiger partial charge is 0.408 e. The Morgan fingerprint density at radius 2 is 1.34 bits per heavy atom. The first-order valence-electron chi connectivity index (χ1n) is 13.3. The third-order valence-corrected chi connectivity index (χ3v) is 5.12. The van der Waals surface area contributed by atoms with Gasteiger partial charge in [-0.15, -0.1) is 0 Å². The van der Waals surface area contributed by atoms with Crippen molar-refractivity contribution in [3.63, 3.8) is 0 Å². The van der Waals surface area contributed by atoms with E-state index in [9.17, 15) is 24.0 Å². The molecular formula is C29H44N4O8. The highest BCUT2D eigenvalue weighted by atomic mass is 16.6. The number of nitrogens with one attached hydrogen (secondary N) is 4. The van der Waals surface area contributed by atoms with Crippen molar-refractivity contribution >= 4 is 29.8 Å². The largest absolute Gasteiger partial charge is 0.497 e. The van der Waals surface area contributed by atoms with Gasteiger partial charge in [-0.3, -0.25) is 14.4 Å². The van der Waals surface area contributed by atoms with Gasteiger partial charge >= 0.3 is 12.1 Å². The highest BCUT2D eigenvalue weighted by Crippen LogP contribution is 2.13. The number of methoxy groups -OCH3 is 1. The number of ether oxygens (including phenoxy) is 3. The zero-order valence-electron chi connectivity index (χ0n) is 25.4. The van der Waals surface area contributed by atoms with E-state index >= 15 is 0 Å². The maximum Gasteiger partial charge on any atom is 0.408 e. The van der Waals surface area contributed by atoms with Gasteiger partial charge in [0.15, 0.2) is 0 Å². The lowest BCUT2D eigenvalue weighted by Crippen LogP contribution is -2.57. The SMILES string of the molecule is COc1ccc(CNC(=O)/C=C/C(=O)NC[C@H](NC(=O)OC(C)(C)C)C(=O)N[C@H](C(=O)OC(C)(C)C)C(C)C)cc1. The van der Waals surface area contributed by atoms with E-state index in [2.05, 4.69) is 21.3 Å². The molecule has 0 fully saturated rings. The minimum atomic E-state index is -1.30. The number of esters is 1. The Bertz CT molecular complexity index is 1090. The topological polar surface area (TPSA) is 161 Å². The Morgan fingerprint density at radius 1 is 0.805 bits per heavy atom. The summed E-state index contributed by atoms with van der Waals surface area (Å²) in [5.41, 5.74) is -0.775. The minimum Gasteiger partial charge on any atom is -0.497 e. The molecule has 0 radical (unpaired) electrons. The van der Waals surface area contributed by atoms with Gasteiger partial charge in [-0.25, -0.2) is 9.59 Å². The molecule has 0 saturated heterocycles. The van der Waals surface area contributed by atoms with E-state index in [1.165, 1.54) is 0 Å². The molecule has 0 aliphatic carbocycles. The molecule has 0 unspecified atom stereocenters. The van der Waals surface area contributed by atoms with Crippen molar-refractivity contribution in [2.45, 2.75) is 85.2 Å². The fourth-order valence-corrected chi connectivity index (χ4v) is 3.18. The van der Waals surface area contributed by atoms with Crippen LogP contribution in [0, 0.1) is 5.92 Å². The van der Waals surface area contributed by atoms with Gasteiger partial charge in [0.05, 0.1) is 7.11 Å². The third kappa shape index (κ3) is 14.8. The van der Waals surface area contributed by atoms with Gasteiger partial charge in [-0.1, -0.05) is 26.0 Å². The van der Waals surface area contributed by atoms with E-state index in [0.29, 0.717) is 5.75 Å². The molecule has 0 spiro atoms. The molecule has 0 aliphatic heterocycles. The lowest BCUT2D eigenvalue weighted by Gasteiger charge is -2.28. The number of hydrogen-bond donors (Lipinski definition) is 4. The van der Waals surface area contributed by atoms with Crippen LogP contribution < -0.4 is 26.0 Å². The third-order valence-electron chi connectivity index (χ3n) is 5.12. The van der Waals surface area contributed by atoms with Gasteiger partial charge in [0.25, 0.3) is 0 Å². The van der Waals surface area contributed by atoms with Crippen LogP contribution in [0.2, 0.25) is 0 Å². The van der Waals surface area contributed by atoms with Crippen LogP contribution in [0.4, 0.5) is 4.79 Å². The van der Waals surface area contributed by atoms with Crippen LogP contribution in [0.15, 0.2) is 36.4 Å². The molecule has 41 heavy (non-hydrogen) atoms. The van der Waals surface area contributed by atoms with Gasteiger partial charge in [0, 0.05) is 25.2 Å². The van der Waals surface area contributed by atoms with Gasteiger partial charge < -0.3 is 35.5 Å². The average Bonchev–Trinajstić information content (AvgIpc) is 2.84. The molecule has 12 nitrogen and oxygen atoms in total. The Labute approximate surface area is 241 Å². The molecule has 4 N–H and O–H groups in total. The molecule has 0 saturated carbocycles. The summed E-state index contributed by atoms with van der Waals surface area (Å²) in [6.07, 6.45) is 1.16. The Balaban J connectivity index is 2.85. The molecule has 1 rings (SSSR count). The molecule has 12 heteroatoms. The number of hydrogen-bond acceptors (Lipinski definition) is 8. The first-order valence-corrected chi connectivity index (χ1v) is 13.3. The molecule has 1 aromatic carbocycles. The summed E-state index contributed by atoms with van der Waals surface area (Å²) in [5.74, 6) is -2.19. The lowest BCUT2D eigenvalue weighted by molar-refractivity contribution is -0.160. The molecule has 4 amide bonds.